The molecule has 0 aromatic carbocycles. The second-order valence-electron chi connectivity index (χ2n) is 4.70. The fraction of sp³-hybridized carbons (Fsp3) is 0.667. The second kappa shape index (κ2) is 5.97. The smallest absolute Gasteiger partial charge is 0.239 e. The highest BCUT2D eigenvalue weighted by molar-refractivity contribution is 5.91. The van der Waals surface area contributed by atoms with E-state index in [1.54, 1.807) is 13.0 Å². The minimum Gasteiger partial charge on any atom is -0.377 e. The quantitative estimate of drug-likeness (QED) is 0.849. The van der Waals surface area contributed by atoms with Crippen molar-refractivity contribution in [1.82, 2.24) is 10.1 Å². The molecule has 0 unspecified atom stereocenters. The van der Waals surface area contributed by atoms with Gasteiger partial charge in [-0.3, -0.25) is 9.69 Å². The van der Waals surface area contributed by atoms with Crippen molar-refractivity contribution in [2.24, 2.45) is 0 Å². The molecule has 1 atom stereocenters. The Morgan fingerprint density at radius 2 is 2.50 bits per heavy atom. The zero-order chi connectivity index (χ0) is 13.0. The van der Waals surface area contributed by atoms with Crippen LogP contribution in [-0.4, -0.2) is 48.8 Å². The van der Waals surface area contributed by atoms with E-state index in [9.17, 15) is 4.79 Å². The molecule has 18 heavy (non-hydrogen) atoms. The largest absolute Gasteiger partial charge is 0.377 e. The lowest BCUT2D eigenvalue weighted by molar-refractivity contribution is -0.117. The summed E-state index contributed by atoms with van der Waals surface area (Å²) in [6.07, 6.45) is 2.45. The highest BCUT2D eigenvalue weighted by Crippen LogP contribution is 2.12. The lowest BCUT2D eigenvalue weighted by Crippen LogP contribution is -2.35. The molecule has 1 aliphatic heterocycles. The first-order chi connectivity index (χ1) is 8.63. The number of aromatic nitrogens is 1. The molecule has 1 fully saturated rings. The Hall–Kier alpha value is -1.40. The monoisotopic (exact) mass is 253 g/mol. The van der Waals surface area contributed by atoms with E-state index in [0.29, 0.717) is 18.1 Å². The van der Waals surface area contributed by atoms with Gasteiger partial charge in [0.25, 0.3) is 0 Å². The summed E-state index contributed by atoms with van der Waals surface area (Å²) in [5.41, 5.74) is 0. The van der Waals surface area contributed by atoms with Crippen LogP contribution in [0.2, 0.25) is 0 Å². The summed E-state index contributed by atoms with van der Waals surface area (Å²) in [5, 5.41) is 6.41. The maximum atomic E-state index is 11.7. The standard InChI is InChI=1S/C12H19N3O3/c1-9-6-11(14-18-9)13-12(16)8-15(2)7-10-4-3-5-17-10/h6,10H,3-5,7-8H2,1-2H3,(H,13,14,16)/t10-/m1/s1. The lowest BCUT2D eigenvalue weighted by Gasteiger charge is -2.19. The summed E-state index contributed by atoms with van der Waals surface area (Å²) >= 11 is 0. The summed E-state index contributed by atoms with van der Waals surface area (Å²) in [5.74, 6) is 1.05. The van der Waals surface area contributed by atoms with Gasteiger partial charge in [-0.15, -0.1) is 0 Å². The Kier molecular flexibility index (Phi) is 4.33. The summed E-state index contributed by atoms with van der Waals surface area (Å²) in [6, 6.07) is 1.69. The summed E-state index contributed by atoms with van der Waals surface area (Å²) in [7, 11) is 1.91. The summed E-state index contributed by atoms with van der Waals surface area (Å²) < 4.78 is 10.4. The van der Waals surface area contributed by atoms with Crippen molar-refractivity contribution >= 4 is 11.7 Å². The maximum Gasteiger partial charge on any atom is 0.239 e. The SMILES string of the molecule is Cc1cc(NC(=O)CN(C)C[C@H]2CCCO2)no1. The molecule has 6 heteroatoms. The molecule has 6 nitrogen and oxygen atoms in total. The Labute approximate surface area is 106 Å². The van der Waals surface area contributed by atoms with Crippen LogP contribution < -0.4 is 5.32 Å². The van der Waals surface area contributed by atoms with Gasteiger partial charge in [0.05, 0.1) is 12.6 Å². The van der Waals surface area contributed by atoms with Gasteiger partial charge in [-0.05, 0) is 26.8 Å². The fourth-order valence-corrected chi connectivity index (χ4v) is 2.05. The molecule has 0 radical (unpaired) electrons. The number of carbonyl (C=O) groups is 1. The van der Waals surface area contributed by atoms with Crippen LogP contribution in [0.1, 0.15) is 18.6 Å². The molecular weight excluding hydrogens is 234 g/mol. The third-order valence-electron chi connectivity index (χ3n) is 2.85. The Morgan fingerprint density at radius 1 is 1.67 bits per heavy atom. The molecule has 1 aromatic heterocycles. The van der Waals surface area contributed by atoms with E-state index in [1.165, 1.54) is 0 Å². The predicted molar refractivity (Wildman–Crippen MR) is 66.3 cm³/mol. The number of nitrogens with zero attached hydrogens (tertiary/aromatic N) is 2. The molecular formula is C12H19N3O3. The Bertz CT molecular complexity index is 399. The first-order valence-electron chi connectivity index (χ1n) is 6.17. The van der Waals surface area contributed by atoms with Crippen molar-refractivity contribution in [3.8, 4) is 0 Å². The number of nitrogens with one attached hydrogen (secondary N) is 1. The molecule has 1 saturated heterocycles. The van der Waals surface area contributed by atoms with Gasteiger partial charge in [0.15, 0.2) is 5.82 Å². The Balaban J connectivity index is 1.72. The van der Waals surface area contributed by atoms with E-state index in [1.807, 2.05) is 11.9 Å². The zero-order valence-corrected chi connectivity index (χ0v) is 10.8. The van der Waals surface area contributed by atoms with Gasteiger partial charge >= 0.3 is 0 Å². The number of aryl methyl sites for hydroxylation is 1. The number of likely N-dealkylation sites (N-methyl/N-ethyl adjacent to an activating group) is 1. The van der Waals surface area contributed by atoms with Gasteiger partial charge in [0.1, 0.15) is 5.76 Å². The van der Waals surface area contributed by atoms with Crippen LogP contribution in [0.4, 0.5) is 5.82 Å². The molecule has 1 aromatic rings. The normalized spacial score (nSPS) is 19.4. The van der Waals surface area contributed by atoms with Crippen molar-refractivity contribution < 1.29 is 14.1 Å². The number of hydrogen-bond donors (Lipinski definition) is 1. The Morgan fingerprint density at radius 3 is 3.11 bits per heavy atom. The van der Waals surface area contributed by atoms with Crippen LogP contribution in [0.5, 0.6) is 0 Å². The van der Waals surface area contributed by atoms with E-state index < -0.39 is 0 Å². The summed E-state index contributed by atoms with van der Waals surface area (Å²) in [6.45, 7) is 3.73. The van der Waals surface area contributed by atoms with Crippen molar-refractivity contribution in [2.45, 2.75) is 25.9 Å². The number of anilines is 1. The minimum atomic E-state index is -0.0937. The second-order valence-corrected chi connectivity index (χ2v) is 4.70. The average Bonchev–Trinajstić information content (AvgIpc) is 2.90. The first kappa shape index (κ1) is 13.0. The van der Waals surface area contributed by atoms with Gasteiger partial charge < -0.3 is 14.6 Å². The third kappa shape index (κ3) is 3.82. The summed E-state index contributed by atoms with van der Waals surface area (Å²) in [4.78, 5) is 13.7. The zero-order valence-electron chi connectivity index (χ0n) is 10.8. The average molecular weight is 253 g/mol. The molecule has 1 N–H and O–H groups in total. The van der Waals surface area contributed by atoms with Gasteiger partial charge in [-0.2, -0.15) is 0 Å². The molecule has 100 valence electrons. The number of ether oxygens (including phenoxy) is 1. The molecule has 0 spiro atoms. The molecule has 1 aliphatic rings. The fourth-order valence-electron chi connectivity index (χ4n) is 2.05. The number of rotatable bonds is 5. The van der Waals surface area contributed by atoms with Crippen LogP contribution in [-0.2, 0) is 9.53 Å². The topological polar surface area (TPSA) is 67.6 Å². The maximum absolute atomic E-state index is 11.7. The lowest BCUT2D eigenvalue weighted by atomic mass is 10.2. The first-order valence-corrected chi connectivity index (χ1v) is 6.17. The van der Waals surface area contributed by atoms with Crippen molar-refractivity contribution in [2.75, 3.05) is 32.1 Å². The van der Waals surface area contributed by atoms with E-state index >= 15 is 0 Å². The van der Waals surface area contributed by atoms with Crippen LogP contribution in [0.25, 0.3) is 0 Å². The predicted octanol–water partition coefficient (Wildman–Crippen LogP) is 1.03. The van der Waals surface area contributed by atoms with Gasteiger partial charge in [0, 0.05) is 19.2 Å². The van der Waals surface area contributed by atoms with E-state index in [4.69, 9.17) is 9.26 Å². The molecule has 0 saturated carbocycles. The van der Waals surface area contributed by atoms with Crippen LogP contribution in [0.15, 0.2) is 10.6 Å². The third-order valence-corrected chi connectivity index (χ3v) is 2.85. The molecule has 2 heterocycles. The number of hydrogen-bond acceptors (Lipinski definition) is 5. The number of carbonyl (C=O) groups excluding carboxylic acids is 1. The highest BCUT2D eigenvalue weighted by atomic mass is 16.5. The molecule has 2 rings (SSSR count). The van der Waals surface area contributed by atoms with Gasteiger partial charge in [-0.1, -0.05) is 5.16 Å². The van der Waals surface area contributed by atoms with Crippen molar-refractivity contribution in [3.63, 3.8) is 0 Å². The number of amides is 1. The van der Waals surface area contributed by atoms with E-state index in [-0.39, 0.29) is 12.0 Å². The van der Waals surface area contributed by atoms with E-state index in [0.717, 1.165) is 26.0 Å². The van der Waals surface area contributed by atoms with Gasteiger partial charge in [-0.25, -0.2) is 0 Å². The van der Waals surface area contributed by atoms with Crippen molar-refractivity contribution in [1.29, 1.82) is 0 Å². The van der Waals surface area contributed by atoms with E-state index in [2.05, 4.69) is 10.5 Å². The van der Waals surface area contributed by atoms with Crippen LogP contribution >= 0.6 is 0 Å². The van der Waals surface area contributed by atoms with Crippen LogP contribution in [0.3, 0.4) is 0 Å². The van der Waals surface area contributed by atoms with Crippen molar-refractivity contribution in [3.05, 3.63) is 11.8 Å². The molecule has 0 aliphatic carbocycles. The van der Waals surface area contributed by atoms with Gasteiger partial charge in [0.2, 0.25) is 5.91 Å². The highest BCUT2D eigenvalue weighted by Gasteiger charge is 2.18. The molecule has 0 bridgehead atoms. The minimum absolute atomic E-state index is 0.0937. The molecule has 1 amide bonds. The van der Waals surface area contributed by atoms with Crippen LogP contribution in [0, 0.1) is 6.92 Å².